The summed E-state index contributed by atoms with van der Waals surface area (Å²) in [5, 5.41) is 3.44. The minimum absolute atomic E-state index is 0.0128. The fourth-order valence-electron chi connectivity index (χ4n) is 4.82. The molecule has 0 amide bonds. The first-order chi connectivity index (χ1) is 12.6. The lowest BCUT2D eigenvalue weighted by atomic mass is 9.65. The number of carbonyl (C=O) groups excluding carboxylic acids is 1. The van der Waals surface area contributed by atoms with E-state index in [4.69, 9.17) is 0 Å². The van der Waals surface area contributed by atoms with Crippen LogP contribution in [0.4, 0.5) is 13.2 Å². The van der Waals surface area contributed by atoms with E-state index >= 15 is 0 Å². The zero-order chi connectivity index (χ0) is 19.6. The monoisotopic (exact) mass is 379 g/mol. The lowest BCUT2D eigenvalue weighted by molar-refractivity contribution is -0.137. The van der Waals surface area contributed by atoms with Gasteiger partial charge in [-0.1, -0.05) is 32.0 Å². The van der Waals surface area contributed by atoms with Crippen LogP contribution in [-0.4, -0.2) is 18.0 Å². The van der Waals surface area contributed by atoms with Crippen LogP contribution in [0, 0.1) is 11.3 Å². The Kier molecular flexibility index (Phi) is 4.16. The second-order valence-electron chi connectivity index (χ2n) is 8.71. The second-order valence-corrected chi connectivity index (χ2v) is 8.71. The topological polar surface area (TPSA) is 53.2 Å². The van der Waals surface area contributed by atoms with E-state index in [9.17, 15) is 18.0 Å². The van der Waals surface area contributed by atoms with Gasteiger partial charge >= 0.3 is 6.18 Å². The third kappa shape index (κ3) is 3.17. The van der Waals surface area contributed by atoms with Crippen molar-refractivity contribution in [1.82, 2.24) is 16.2 Å². The van der Waals surface area contributed by atoms with Crippen molar-refractivity contribution in [2.24, 2.45) is 11.3 Å². The van der Waals surface area contributed by atoms with Crippen LogP contribution in [0.2, 0.25) is 0 Å². The van der Waals surface area contributed by atoms with Crippen molar-refractivity contribution in [2.45, 2.75) is 57.9 Å². The average Bonchev–Trinajstić information content (AvgIpc) is 2.92. The fraction of sp³-hybridized carbons (Fsp3) is 0.550. The summed E-state index contributed by atoms with van der Waals surface area (Å²) < 4.78 is 39.8. The number of nitrogens with one attached hydrogen (secondary N) is 3. The van der Waals surface area contributed by atoms with Crippen molar-refractivity contribution >= 4 is 5.78 Å². The maximum absolute atomic E-state index is 13.3. The van der Waals surface area contributed by atoms with Gasteiger partial charge in [-0.3, -0.25) is 10.2 Å². The summed E-state index contributed by atoms with van der Waals surface area (Å²) in [4.78, 5) is 13.0. The lowest BCUT2D eigenvalue weighted by Gasteiger charge is -2.44. The van der Waals surface area contributed by atoms with Crippen molar-refractivity contribution in [3.63, 3.8) is 0 Å². The molecule has 1 aromatic rings. The first kappa shape index (κ1) is 18.5. The van der Waals surface area contributed by atoms with Crippen LogP contribution < -0.4 is 16.2 Å². The number of halogens is 3. The summed E-state index contributed by atoms with van der Waals surface area (Å²) in [7, 11) is 0. The largest absolute Gasteiger partial charge is 0.416 e. The van der Waals surface area contributed by atoms with E-state index in [1.54, 1.807) is 6.07 Å². The minimum atomic E-state index is -4.41. The molecule has 1 aromatic carbocycles. The Morgan fingerprint density at radius 2 is 1.89 bits per heavy atom. The Balaban J connectivity index is 1.86. The number of ketones is 1. The van der Waals surface area contributed by atoms with Gasteiger partial charge in [0.25, 0.3) is 0 Å². The first-order valence-corrected chi connectivity index (χ1v) is 9.28. The number of alkyl halides is 3. The number of rotatable bonds is 1. The molecule has 0 bridgehead atoms. The maximum atomic E-state index is 13.3. The van der Waals surface area contributed by atoms with Gasteiger partial charge in [0.1, 0.15) is 0 Å². The van der Waals surface area contributed by atoms with Crippen molar-refractivity contribution in [2.75, 3.05) is 0 Å². The van der Waals surface area contributed by atoms with Gasteiger partial charge in [0.2, 0.25) is 0 Å². The van der Waals surface area contributed by atoms with E-state index in [0.29, 0.717) is 24.0 Å². The molecule has 7 heteroatoms. The van der Waals surface area contributed by atoms with Gasteiger partial charge in [-0.25, -0.2) is 5.43 Å². The highest BCUT2D eigenvalue weighted by atomic mass is 19.4. The molecular weight excluding hydrogens is 355 g/mol. The van der Waals surface area contributed by atoms with Crippen molar-refractivity contribution in [3.8, 4) is 0 Å². The fourth-order valence-corrected chi connectivity index (χ4v) is 4.82. The molecule has 1 saturated heterocycles. The highest BCUT2D eigenvalue weighted by molar-refractivity contribution is 5.99. The number of hydrogen-bond donors (Lipinski definition) is 3. The summed E-state index contributed by atoms with van der Waals surface area (Å²) in [6.07, 6.45) is -3.41. The molecule has 0 aromatic heterocycles. The Labute approximate surface area is 156 Å². The molecule has 0 saturated carbocycles. The van der Waals surface area contributed by atoms with Gasteiger partial charge in [-0.05, 0) is 30.4 Å². The van der Waals surface area contributed by atoms with E-state index in [2.05, 4.69) is 16.2 Å². The molecule has 1 aliphatic carbocycles. The first-order valence-electron chi connectivity index (χ1n) is 9.28. The molecule has 4 atom stereocenters. The number of hydrazine groups is 1. The van der Waals surface area contributed by atoms with Crippen LogP contribution in [0.5, 0.6) is 0 Å². The number of carbonyl (C=O) groups is 1. The van der Waals surface area contributed by atoms with Gasteiger partial charge in [0.15, 0.2) is 5.78 Å². The minimum Gasteiger partial charge on any atom is -0.371 e. The smallest absolute Gasteiger partial charge is 0.371 e. The number of Topliss-reactive ketones (excluding diaryl/α,β-unsaturated/α-hetero) is 1. The number of fused-ring (bicyclic) bond motifs is 1. The van der Waals surface area contributed by atoms with E-state index in [1.807, 2.05) is 20.8 Å². The third-order valence-corrected chi connectivity index (χ3v) is 5.95. The van der Waals surface area contributed by atoms with Crippen LogP contribution in [-0.2, 0) is 11.0 Å². The third-order valence-electron chi connectivity index (χ3n) is 5.95. The standard InChI is InChI=1S/C20H24F3N3O/c1-10-15-16(11-5-4-6-12(7-11)20(21,22)23)17-13(24-18(15)26-25-10)8-19(2,3)9-14(17)27/h4-7,10,15-16,18,24-26H,8-9H2,1-3H3. The molecule has 3 N–H and O–H groups in total. The molecule has 1 fully saturated rings. The molecule has 146 valence electrons. The summed E-state index contributed by atoms with van der Waals surface area (Å²) in [5.74, 6) is -0.388. The van der Waals surface area contributed by atoms with Crippen LogP contribution >= 0.6 is 0 Å². The summed E-state index contributed by atoms with van der Waals surface area (Å²) in [5.41, 5.74) is 7.62. The van der Waals surface area contributed by atoms with E-state index < -0.39 is 11.7 Å². The molecule has 27 heavy (non-hydrogen) atoms. The van der Waals surface area contributed by atoms with Gasteiger partial charge in [0.05, 0.1) is 11.7 Å². The summed E-state index contributed by atoms with van der Waals surface area (Å²) in [6, 6.07) is 5.45. The van der Waals surface area contributed by atoms with Crippen LogP contribution in [0.25, 0.3) is 0 Å². The van der Waals surface area contributed by atoms with E-state index in [-0.39, 0.29) is 35.2 Å². The van der Waals surface area contributed by atoms with Crippen LogP contribution in [0.15, 0.2) is 35.5 Å². The molecule has 2 aliphatic heterocycles. The summed E-state index contributed by atoms with van der Waals surface area (Å²) >= 11 is 0. The molecule has 4 rings (SSSR count). The van der Waals surface area contributed by atoms with Gasteiger partial charge in [-0.15, -0.1) is 0 Å². The number of hydrogen-bond acceptors (Lipinski definition) is 4. The Bertz CT molecular complexity index is 815. The van der Waals surface area contributed by atoms with Crippen LogP contribution in [0.1, 0.15) is 50.7 Å². The summed E-state index contributed by atoms with van der Waals surface area (Å²) in [6.45, 7) is 6.08. The van der Waals surface area contributed by atoms with Gasteiger partial charge in [-0.2, -0.15) is 13.2 Å². The normalized spacial score (nSPS) is 32.7. The van der Waals surface area contributed by atoms with E-state index in [0.717, 1.165) is 11.8 Å². The molecule has 4 nitrogen and oxygen atoms in total. The van der Waals surface area contributed by atoms with Crippen molar-refractivity contribution in [1.29, 1.82) is 0 Å². The highest BCUT2D eigenvalue weighted by Crippen LogP contribution is 2.48. The zero-order valence-corrected chi connectivity index (χ0v) is 15.6. The van der Waals surface area contributed by atoms with Crippen molar-refractivity contribution in [3.05, 3.63) is 46.7 Å². The maximum Gasteiger partial charge on any atom is 0.416 e. The molecule has 3 aliphatic rings. The number of benzene rings is 1. The predicted molar refractivity (Wildman–Crippen MR) is 95.4 cm³/mol. The SMILES string of the molecule is CC1NNC2NC3=C(C(=O)CC(C)(C)C3)C(c3cccc(C(F)(F)F)c3)C12. The second kappa shape index (κ2) is 6.07. The molecule has 0 radical (unpaired) electrons. The van der Waals surface area contributed by atoms with Crippen LogP contribution in [0.3, 0.4) is 0 Å². The number of allylic oxidation sites excluding steroid dienone is 2. The highest BCUT2D eigenvalue weighted by Gasteiger charge is 2.50. The molecule has 0 spiro atoms. The molecule has 4 unspecified atom stereocenters. The van der Waals surface area contributed by atoms with E-state index in [1.165, 1.54) is 12.1 Å². The Morgan fingerprint density at radius 1 is 1.15 bits per heavy atom. The average molecular weight is 379 g/mol. The lowest BCUT2D eigenvalue weighted by Crippen LogP contribution is -2.52. The quantitative estimate of drug-likeness (QED) is 0.699. The predicted octanol–water partition coefficient (Wildman–Crippen LogP) is 3.47. The van der Waals surface area contributed by atoms with Gasteiger partial charge < -0.3 is 5.32 Å². The Morgan fingerprint density at radius 3 is 2.59 bits per heavy atom. The molecular formula is C20H24F3N3O. The van der Waals surface area contributed by atoms with Gasteiger partial charge in [0, 0.05) is 35.6 Å². The van der Waals surface area contributed by atoms with Crippen molar-refractivity contribution < 1.29 is 18.0 Å². The molecule has 2 heterocycles. The zero-order valence-electron chi connectivity index (χ0n) is 15.6. The Hall–Kier alpha value is -1.86.